The zero-order valence-corrected chi connectivity index (χ0v) is 27.6. The van der Waals surface area contributed by atoms with Crippen LogP contribution in [0.1, 0.15) is 0 Å². The number of nitrogens with zero attached hydrogens (tertiary/aromatic N) is 4. The molecule has 6 aromatic carbocycles. The quantitative estimate of drug-likeness (QED) is 0.174. The minimum Gasteiger partial charge on any atom is -0.254 e. The molecule has 238 valence electrons. The summed E-state index contributed by atoms with van der Waals surface area (Å²) in [6.45, 7) is 0. The Bertz CT molecular complexity index is 2900. The summed E-state index contributed by atoms with van der Waals surface area (Å²) in [5.74, 6) is 0. The Morgan fingerprint density at radius 1 is 0.412 bits per heavy atom. The van der Waals surface area contributed by atoms with E-state index < -0.39 is 0 Å². The number of rotatable bonds is 5. The average molecular weight is 651 g/mol. The first-order chi connectivity index (χ1) is 25.3. The Kier molecular flexibility index (Phi) is 6.78. The molecular weight excluding hydrogens is 621 g/mol. The van der Waals surface area contributed by atoms with Crippen molar-refractivity contribution >= 4 is 38.1 Å². The Morgan fingerprint density at radius 3 is 1.78 bits per heavy atom. The third-order valence-corrected chi connectivity index (χ3v) is 9.82. The lowest BCUT2D eigenvalue weighted by molar-refractivity contribution is 0.981. The highest BCUT2D eigenvalue weighted by molar-refractivity contribution is 6.15. The third-order valence-electron chi connectivity index (χ3n) is 9.82. The van der Waals surface area contributed by atoms with Crippen molar-refractivity contribution < 1.29 is 0 Å². The van der Waals surface area contributed by atoms with Crippen LogP contribution in [0.2, 0.25) is 0 Å². The molecule has 0 aliphatic carbocycles. The number of fused-ring (bicyclic) bond motifs is 6. The van der Waals surface area contributed by atoms with Gasteiger partial charge in [0.2, 0.25) is 0 Å². The Morgan fingerprint density at radius 2 is 1.02 bits per heavy atom. The van der Waals surface area contributed by atoms with Gasteiger partial charge >= 0.3 is 0 Å². The molecule has 4 heterocycles. The van der Waals surface area contributed by atoms with Crippen LogP contribution in [-0.4, -0.2) is 19.6 Å². The molecule has 4 nitrogen and oxygen atoms in total. The molecule has 0 spiro atoms. The summed E-state index contributed by atoms with van der Waals surface area (Å²) >= 11 is 0. The maximum atomic E-state index is 5.51. The van der Waals surface area contributed by atoms with E-state index >= 15 is 0 Å². The monoisotopic (exact) mass is 650 g/mol. The molecule has 0 radical (unpaired) electrons. The molecular formula is C47H30N4. The van der Waals surface area contributed by atoms with Gasteiger partial charge in [0, 0.05) is 50.2 Å². The van der Waals surface area contributed by atoms with Gasteiger partial charge in [-0.2, -0.15) is 5.10 Å². The van der Waals surface area contributed by atoms with Crippen molar-refractivity contribution in [2.45, 2.75) is 0 Å². The number of benzene rings is 6. The van der Waals surface area contributed by atoms with Crippen molar-refractivity contribution in [3.63, 3.8) is 0 Å². The van der Waals surface area contributed by atoms with Crippen LogP contribution in [0, 0.1) is 0 Å². The van der Waals surface area contributed by atoms with E-state index in [1.165, 1.54) is 5.39 Å². The van der Waals surface area contributed by atoms with Gasteiger partial charge in [-0.3, -0.25) is 4.98 Å². The molecule has 4 aromatic heterocycles. The van der Waals surface area contributed by atoms with Crippen LogP contribution in [0.5, 0.6) is 0 Å². The summed E-state index contributed by atoms with van der Waals surface area (Å²) in [7, 11) is 0. The maximum Gasteiger partial charge on any atom is 0.101 e. The first kappa shape index (κ1) is 29.0. The molecule has 0 atom stereocenters. The maximum absolute atomic E-state index is 5.51. The molecule has 10 rings (SSSR count). The summed E-state index contributed by atoms with van der Waals surface area (Å²) in [5.41, 5.74) is 13.5. The smallest absolute Gasteiger partial charge is 0.101 e. The second-order valence-electron chi connectivity index (χ2n) is 12.8. The Labute approximate surface area is 295 Å². The van der Waals surface area contributed by atoms with Crippen LogP contribution >= 0.6 is 0 Å². The standard InChI is InChI=1S/C47H30N4/c1-4-14-31(15-5-1)42-43(32-16-6-2-7-17-32)50-51-46(35-18-8-3-9-19-35)41(38-23-10-11-24-39(38)47(42)51)37-21-12-20-36(30-37)40-28-27-34-26-25-33-22-13-29-48-44(33)45(34)49-40/h1-30H. The molecule has 0 unspecified atom stereocenters. The lowest BCUT2D eigenvalue weighted by Crippen LogP contribution is -2.00. The fourth-order valence-electron chi connectivity index (χ4n) is 7.52. The van der Waals surface area contributed by atoms with Crippen molar-refractivity contribution in [3.8, 4) is 56.0 Å². The van der Waals surface area contributed by atoms with Gasteiger partial charge in [0.1, 0.15) is 5.69 Å². The van der Waals surface area contributed by atoms with Gasteiger partial charge in [0.05, 0.1) is 27.9 Å². The summed E-state index contributed by atoms with van der Waals surface area (Å²) in [6, 6.07) is 61.9. The zero-order chi connectivity index (χ0) is 33.7. The molecule has 0 saturated heterocycles. The number of hydrogen-bond acceptors (Lipinski definition) is 3. The van der Waals surface area contributed by atoms with E-state index in [1.807, 2.05) is 12.3 Å². The van der Waals surface area contributed by atoms with Crippen LogP contribution in [0.25, 0.3) is 94.1 Å². The molecule has 0 aliphatic heterocycles. The van der Waals surface area contributed by atoms with E-state index in [1.54, 1.807) is 0 Å². The van der Waals surface area contributed by atoms with E-state index in [2.05, 4.69) is 174 Å². The SMILES string of the molecule is c1ccc(-c2nn3c(-c4ccccc4)c(-c4cccc(-c5ccc6ccc7cccnc7c6n5)c4)c4ccccc4c3c2-c2ccccc2)cc1. The highest BCUT2D eigenvalue weighted by Gasteiger charge is 2.25. The van der Waals surface area contributed by atoms with Crippen LogP contribution in [-0.2, 0) is 0 Å². The molecule has 0 saturated carbocycles. The van der Waals surface area contributed by atoms with Crippen molar-refractivity contribution in [1.29, 1.82) is 0 Å². The lowest BCUT2D eigenvalue weighted by atomic mass is 9.90. The number of pyridine rings is 3. The zero-order valence-electron chi connectivity index (χ0n) is 27.6. The molecule has 0 fully saturated rings. The number of hydrogen-bond donors (Lipinski definition) is 0. The largest absolute Gasteiger partial charge is 0.254 e. The van der Waals surface area contributed by atoms with Gasteiger partial charge in [0.25, 0.3) is 0 Å². The average Bonchev–Trinajstić information content (AvgIpc) is 3.62. The normalized spacial score (nSPS) is 11.5. The molecule has 10 aromatic rings. The highest BCUT2D eigenvalue weighted by Crippen LogP contribution is 2.46. The lowest BCUT2D eigenvalue weighted by Gasteiger charge is -2.18. The predicted molar refractivity (Wildman–Crippen MR) is 210 cm³/mol. The van der Waals surface area contributed by atoms with Gasteiger partial charge in [0.15, 0.2) is 0 Å². The summed E-state index contributed by atoms with van der Waals surface area (Å²) in [4.78, 5) is 9.90. The molecule has 0 amide bonds. The van der Waals surface area contributed by atoms with Crippen LogP contribution in [0.3, 0.4) is 0 Å². The van der Waals surface area contributed by atoms with E-state index in [0.717, 1.165) is 88.7 Å². The molecule has 0 aliphatic rings. The van der Waals surface area contributed by atoms with Crippen molar-refractivity contribution in [2.24, 2.45) is 0 Å². The van der Waals surface area contributed by atoms with E-state index in [-0.39, 0.29) is 0 Å². The second kappa shape index (κ2) is 11.9. The van der Waals surface area contributed by atoms with E-state index in [9.17, 15) is 0 Å². The van der Waals surface area contributed by atoms with E-state index in [0.29, 0.717) is 0 Å². The van der Waals surface area contributed by atoms with Crippen LogP contribution < -0.4 is 0 Å². The third kappa shape index (κ3) is 4.80. The van der Waals surface area contributed by atoms with Crippen molar-refractivity contribution in [2.75, 3.05) is 0 Å². The van der Waals surface area contributed by atoms with Gasteiger partial charge in [-0.15, -0.1) is 0 Å². The highest BCUT2D eigenvalue weighted by atomic mass is 15.2. The summed E-state index contributed by atoms with van der Waals surface area (Å²) in [6.07, 6.45) is 1.84. The molecule has 0 bridgehead atoms. The van der Waals surface area contributed by atoms with E-state index in [4.69, 9.17) is 15.1 Å². The van der Waals surface area contributed by atoms with Gasteiger partial charge in [-0.25, -0.2) is 9.50 Å². The van der Waals surface area contributed by atoms with Crippen LogP contribution in [0.15, 0.2) is 182 Å². The molecule has 51 heavy (non-hydrogen) atoms. The van der Waals surface area contributed by atoms with Gasteiger partial charge in [-0.1, -0.05) is 158 Å². The predicted octanol–water partition coefficient (Wildman–Crippen LogP) is 11.9. The van der Waals surface area contributed by atoms with Crippen LogP contribution in [0.4, 0.5) is 0 Å². The van der Waals surface area contributed by atoms with Gasteiger partial charge in [-0.05, 0) is 34.7 Å². The first-order valence-corrected chi connectivity index (χ1v) is 17.2. The van der Waals surface area contributed by atoms with Gasteiger partial charge < -0.3 is 0 Å². The minimum absolute atomic E-state index is 0.908. The van der Waals surface area contributed by atoms with Crippen molar-refractivity contribution in [3.05, 3.63) is 182 Å². The first-order valence-electron chi connectivity index (χ1n) is 17.2. The fourth-order valence-corrected chi connectivity index (χ4v) is 7.52. The van der Waals surface area contributed by atoms with Crippen molar-refractivity contribution in [1.82, 2.24) is 19.6 Å². The summed E-state index contributed by atoms with van der Waals surface area (Å²) < 4.78 is 2.19. The molecule has 4 heteroatoms. The fraction of sp³-hybridized carbons (Fsp3) is 0. The minimum atomic E-state index is 0.908. The molecule has 0 N–H and O–H groups in total. The topological polar surface area (TPSA) is 43.1 Å². The Hall–Kier alpha value is -6.91. The second-order valence-corrected chi connectivity index (χ2v) is 12.8. The number of aromatic nitrogens is 4. The Balaban J connectivity index is 1.29. The summed E-state index contributed by atoms with van der Waals surface area (Å²) in [5, 5.41) is 9.98.